The number of thiazole rings is 1. The van der Waals surface area contributed by atoms with Crippen LogP contribution in [0.2, 0.25) is 0 Å². The summed E-state index contributed by atoms with van der Waals surface area (Å²) in [5.41, 5.74) is 3.87. The van der Waals surface area contributed by atoms with Gasteiger partial charge in [0.1, 0.15) is 17.2 Å². The van der Waals surface area contributed by atoms with Gasteiger partial charge in [0.25, 0.3) is 0 Å². The monoisotopic (exact) mass is 356 g/mol. The van der Waals surface area contributed by atoms with Crippen LogP contribution in [0, 0.1) is 6.92 Å². The molecule has 3 aromatic rings. The smallest absolute Gasteiger partial charge is 0.187 e. The van der Waals surface area contributed by atoms with Gasteiger partial charge in [-0.05, 0) is 42.8 Å². The molecular formula is C19H20N2O3S. The summed E-state index contributed by atoms with van der Waals surface area (Å²) in [6.45, 7) is 2.02. The number of aromatic nitrogens is 1. The van der Waals surface area contributed by atoms with Gasteiger partial charge in [0.15, 0.2) is 5.13 Å². The Bertz CT molecular complexity index is 877. The van der Waals surface area contributed by atoms with E-state index in [1.807, 2.05) is 42.6 Å². The van der Waals surface area contributed by atoms with Crippen molar-refractivity contribution in [1.29, 1.82) is 0 Å². The van der Waals surface area contributed by atoms with E-state index in [1.165, 1.54) is 11.3 Å². The zero-order chi connectivity index (χ0) is 17.8. The van der Waals surface area contributed by atoms with Crippen LogP contribution in [0.3, 0.4) is 0 Å². The normalized spacial score (nSPS) is 10.4. The first-order valence-electron chi connectivity index (χ1n) is 7.74. The molecule has 3 rings (SSSR count). The molecule has 2 aromatic carbocycles. The van der Waals surface area contributed by atoms with Crippen molar-refractivity contribution in [3.8, 4) is 28.5 Å². The van der Waals surface area contributed by atoms with E-state index in [4.69, 9.17) is 14.2 Å². The molecule has 1 heterocycles. The fourth-order valence-corrected chi connectivity index (χ4v) is 3.26. The zero-order valence-electron chi connectivity index (χ0n) is 14.6. The number of anilines is 2. The number of hydrogen-bond acceptors (Lipinski definition) is 6. The van der Waals surface area contributed by atoms with Crippen molar-refractivity contribution in [2.75, 3.05) is 26.6 Å². The largest absolute Gasteiger partial charge is 0.497 e. The molecule has 25 heavy (non-hydrogen) atoms. The minimum absolute atomic E-state index is 0.734. The molecule has 5 nitrogen and oxygen atoms in total. The number of aryl methyl sites for hydroxylation is 1. The van der Waals surface area contributed by atoms with Crippen LogP contribution in [0.5, 0.6) is 17.2 Å². The number of methoxy groups -OCH3 is 3. The zero-order valence-corrected chi connectivity index (χ0v) is 15.4. The van der Waals surface area contributed by atoms with Gasteiger partial charge in [-0.3, -0.25) is 0 Å². The third kappa shape index (κ3) is 3.69. The molecule has 0 radical (unpaired) electrons. The van der Waals surface area contributed by atoms with E-state index in [0.717, 1.165) is 44.9 Å². The van der Waals surface area contributed by atoms with Crippen LogP contribution in [0.25, 0.3) is 11.3 Å². The molecule has 130 valence electrons. The number of nitrogens with one attached hydrogen (secondary N) is 1. The third-order valence-corrected chi connectivity index (χ3v) is 4.60. The summed E-state index contributed by atoms with van der Waals surface area (Å²) in [5.74, 6) is 2.36. The standard InChI is InChI=1S/C19H20N2O3S/c1-12-9-13(5-7-17(12)23-3)16-11-25-19(21-16)20-15-10-14(22-2)6-8-18(15)24-4/h5-11H,1-4H3,(H,20,21). The lowest BCUT2D eigenvalue weighted by Gasteiger charge is -2.10. The molecule has 0 aliphatic rings. The van der Waals surface area contributed by atoms with E-state index in [1.54, 1.807) is 21.3 Å². The van der Waals surface area contributed by atoms with Gasteiger partial charge in [-0.15, -0.1) is 11.3 Å². The van der Waals surface area contributed by atoms with Gasteiger partial charge in [-0.1, -0.05) is 0 Å². The van der Waals surface area contributed by atoms with Crippen molar-refractivity contribution >= 4 is 22.2 Å². The van der Waals surface area contributed by atoms with Gasteiger partial charge in [0.2, 0.25) is 0 Å². The number of nitrogens with zero attached hydrogens (tertiary/aromatic N) is 1. The highest BCUT2D eigenvalue weighted by atomic mass is 32.1. The minimum Gasteiger partial charge on any atom is -0.497 e. The highest BCUT2D eigenvalue weighted by Gasteiger charge is 2.10. The highest BCUT2D eigenvalue weighted by molar-refractivity contribution is 7.14. The van der Waals surface area contributed by atoms with E-state index >= 15 is 0 Å². The average Bonchev–Trinajstić information content (AvgIpc) is 3.10. The molecule has 0 aliphatic carbocycles. The Kier molecular flexibility index (Phi) is 5.09. The molecule has 0 bridgehead atoms. The first-order chi connectivity index (χ1) is 12.1. The molecule has 1 N–H and O–H groups in total. The van der Waals surface area contributed by atoms with E-state index in [-0.39, 0.29) is 0 Å². The van der Waals surface area contributed by atoms with Crippen LogP contribution in [0.1, 0.15) is 5.56 Å². The van der Waals surface area contributed by atoms with Crippen LogP contribution < -0.4 is 19.5 Å². The second-order valence-corrected chi connectivity index (χ2v) is 6.27. The predicted octanol–water partition coefficient (Wildman–Crippen LogP) is 4.89. The van der Waals surface area contributed by atoms with Gasteiger partial charge >= 0.3 is 0 Å². The van der Waals surface area contributed by atoms with E-state index in [9.17, 15) is 0 Å². The molecule has 1 aromatic heterocycles. The molecule has 0 atom stereocenters. The quantitative estimate of drug-likeness (QED) is 0.682. The maximum Gasteiger partial charge on any atom is 0.187 e. The van der Waals surface area contributed by atoms with Crippen molar-refractivity contribution in [2.24, 2.45) is 0 Å². The summed E-state index contributed by atoms with van der Waals surface area (Å²) in [6.07, 6.45) is 0. The maximum atomic E-state index is 5.39. The van der Waals surface area contributed by atoms with Crippen LogP contribution in [-0.2, 0) is 0 Å². The molecule has 0 saturated carbocycles. The molecule has 6 heteroatoms. The molecule has 0 unspecified atom stereocenters. The number of hydrogen-bond donors (Lipinski definition) is 1. The van der Waals surface area contributed by atoms with Crippen molar-refractivity contribution in [2.45, 2.75) is 6.92 Å². The Morgan fingerprint density at radius 2 is 1.68 bits per heavy atom. The van der Waals surface area contributed by atoms with E-state index in [0.29, 0.717) is 0 Å². The molecule has 0 spiro atoms. The van der Waals surface area contributed by atoms with Gasteiger partial charge in [0, 0.05) is 17.0 Å². The summed E-state index contributed by atoms with van der Waals surface area (Å²) in [7, 11) is 4.95. The Morgan fingerprint density at radius 3 is 2.36 bits per heavy atom. The topological polar surface area (TPSA) is 52.6 Å². The lowest BCUT2D eigenvalue weighted by atomic mass is 10.1. The Morgan fingerprint density at radius 1 is 0.920 bits per heavy atom. The SMILES string of the molecule is COc1ccc(OC)c(Nc2nc(-c3ccc(OC)c(C)c3)cs2)c1. The molecule has 0 fully saturated rings. The number of ether oxygens (including phenoxy) is 3. The molecule has 0 amide bonds. The Balaban J connectivity index is 1.86. The van der Waals surface area contributed by atoms with Gasteiger partial charge < -0.3 is 19.5 Å². The van der Waals surface area contributed by atoms with Crippen LogP contribution in [0.15, 0.2) is 41.8 Å². The first kappa shape index (κ1) is 17.1. The van der Waals surface area contributed by atoms with Crippen molar-refractivity contribution in [1.82, 2.24) is 4.98 Å². The van der Waals surface area contributed by atoms with Gasteiger partial charge in [-0.2, -0.15) is 0 Å². The fourth-order valence-electron chi connectivity index (χ4n) is 2.53. The second kappa shape index (κ2) is 7.44. The Labute approximate surface area is 151 Å². The second-order valence-electron chi connectivity index (χ2n) is 5.41. The lowest BCUT2D eigenvalue weighted by molar-refractivity contribution is 0.405. The minimum atomic E-state index is 0.734. The van der Waals surface area contributed by atoms with Crippen molar-refractivity contribution < 1.29 is 14.2 Å². The summed E-state index contributed by atoms with van der Waals surface area (Å²) in [5, 5.41) is 6.11. The average molecular weight is 356 g/mol. The summed E-state index contributed by atoms with van der Waals surface area (Å²) < 4.78 is 16.0. The summed E-state index contributed by atoms with van der Waals surface area (Å²) in [6, 6.07) is 11.7. The van der Waals surface area contributed by atoms with Crippen molar-refractivity contribution in [3.05, 3.63) is 47.3 Å². The fraction of sp³-hybridized carbons (Fsp3) is 0.211. The van der Waals surface area contributed by atoms with E-state index < -0.39 is 0 Å². The highest BCUT2D eigenvalue weighted by Crippen LogP contribution is 2.34. The maximum absolute atomic E-state index is 5.39. The van der Waals surface area contributed by atoms with Crippen LogP contribution >= 0.6 is 11.3 Å². The third-order valence-electron chi connectivity index (χ3n) is 3.84. The van der Waals surface area contributed by atoms with Gasteiger partial charge in [0.05, 0.1) is 32.7 Å². The molecule has 0 aliphatic heterocycles. The van der Waals surface area contributed by atoms with Crippen LogP contribution in [0.4, 0.5) is 10.8 Å². The van der Waals surface area contributed by atoms with E-state index in [2.05, 4.69) is 16.4 Å². The predicted molar refractivity (Wildman–Crippen MR) is 102 cm³/mol. The Hall–Kier alpha value is -2.73. The molecule has 0 saturated heterocycles. The lowest BCUT2D eigenvalue weighted by Crippen LogP contribution is -1.95. The number of rotatable bonds is 6. The summed E-state index contributed by atoms with van der Waals surface area (Å²) >= 11 is 1.54. The first-order valence-corrected chi connectivity index (χ1v) is 8.62. The summed E-state index contributed by atoms with van der Waals surface area (Å²) in [4.78, 5) is 4.67. The number of benzene rings is 2. The van der Waals surface area contributed by atoms with Crippen LogP contribution in [-0.4, -0.2) is 26.3 Å². The van der Waals surface area contributed by atoms with Gasteiger partial charge in [-0.25, -0.2) is 4.98 Å². The molecular weight excluding hydrogens is 336 g/mol. The van der Waals surface area contributed by atoms with Crippen molar-refractivity contribution in [3.63, 3.8) is 0 Å².